The highest BCUT2D eigenvalue weighted by Gasteiger charge is 2.28. The molecule has 0 bridgehead atoms. The van der Waals surface area contributed by atoms with Crippen LogP contribution in [0.3, 0.4) is 0 Å². The molecule has 1 N–H and O–H groups in total. The van der Waals surface area contributed by atoms with Gasteiger partial charge in [0.15, 0.2) is 0 Å². The highest BCUT2D eigenvalue weighted by Crippen LogP contribution is 2.45. The molecule has 0 saturated heterocycles. The highest BCUT2D eigenvalue weighted by atomic mass is 16.5. The number of methoxy groups -OCH3 is 2. The Morgan fingerprint density at radius 3 is 2.38 bits per heavy atom. The molecule has 0 saturated carbocycles. The van der Waals surface area contributed by atoms with E-state index in [0.717, 1.165) is 23.7 Å². The Hall–Kier alpha value is -1.38. The first-order valence-corrected chi connectivity index (χ1v) is 5.67. The van der Waals surface area contributed by atoms with Crippen LogP contribution in [0.1, 0.15) is 25.3 Å². The van der Waals surface area contributed by atoms with Crippen molar-refractivity contribution in [3.8, 4) is 11.5 Å². The smallest absolute Gasteiger partial charge is 0.142 e. The first-order chi connectivity index (χ1) is 7.69. The number of benzene rings is 1. The summed E-state index contributed by atoms with van der Waals surface area (Å²) in [4.78, 5) is 0. The van der Waals surface area contributed by atoms with Gasteiger partial charge in [-0.2, -0.15) is 0 Å². The van der Waals surface area contributed by atoms with Crippen LogP contribution in [-0.4, -0.2) is 20.8 Å². The largest absolute Gasteiger partial charge is 0.496 e. The zero-order chi connectivity index (χ0) is 11.7. The van der Waals surface area contributed by atoms with E-state index in [9.17, 15) is 0 Å². The average molecular weight is 221 g/mol. The lowest BCUT2D eigenvalue weighted by atomic mass is 9.84. The van der Waals surface area contributed by atoms with Gasteiger partial charge in [0, 0.05) is 12.1 Å². The monoisotopic (exact) mass is 221 g/mol. The summed E-state index contributed by atoms with van der Waals surface area (Å²) < 4.78 is 10.8. The second kappa shape index (κ2) is 4.24. The predicted molar refractivity (Wildman–Crippen MR) is 65.6 cm³/mol. The van der Waals surface area contributed by atoms with Crippen LogP contribution in [0, 0.1) is 5.92 Å². The fraction of sp³-hybridized carbons (Fsp3) is 0.538. The Bertz CT molecular complexity index is 390. The molecule has 1 aromatic rings. The lowest BCUT2D eigenvalue weighted by Crippen LogP contribution is -2.25. The number of ether oxygens (including phenoxy) is 2. The summed E-state index contributed by atoms with van der Waals surface area (Å²) in [5.41, 5.74) is 2.33. The minimum absolute atomic E-state index is 0.487. The number of hydrogen-bond acceptors (Lipinski definition) is 3. The minimum atomic E-state index is 0.487. The van der Waals surface area contributed by atoms with Crippen LogP contribution >= 0.6 is 0 Å². The molecule has 0 aliphatic carbocycles. The van der Waals surface area contributed by atoms with Gasteiger partial charge in [-0.15, -0.1) is 0 Å². The molecule has 3 heteroatoms. The van der Waals surface area contributed by atoms with Crippen LogP contribution in [0.5, 0.6) is 11.5 Å². The number of hydrogen-bond donors (Lipinski definition) is 1. The zero-order valence-corrected chi connectivity index (χ0v) is 10.3. The quantitative estimate of drug-likeness (QED) is 0.833. The first-order valence-electron chi connectivity index (χ1n) is 5.67. The van der Waals surface area contributed by atoms with Gasteiger partial charge in [0.2, 0.25) is 0 Å². The average Bonchev–Trinajstić information content (AvgIpc) is 2.32. The third kappa shape index (κ3) is 1.60. The van der Waals surface area contributed by atoms with Crippen molar-refractivity contribution in [3.05, 3.63) is 17.7 Å². The van der Waals surface area contributed by atoms with E-state index in [4.69, 9.17) is 9.47 Å². The van der Waals surface area contributed by atoms with Crippen LogP contribution in [-0.2, 0) is 0 Å². The number of rotatable bonds is 2. The number of nitrogens with one attached hydrogen (secondary N) is 1. The highest BCUT2D eigenvalue weighted by molar-refractivity contribution is 5.69. The van der Waals surface area contributed by atoms with E-state index in [0.29, 0.717) is 11.8 Å². The minimum Gasteiger partial charge on any atom is -0.496 e. The molecular weight excluding hydrogens is 202 g/mol. The molecule has 0 spiro atoms. The maximum atomic E-state index is 5.44. The van der Waals surface area contributed by atoms with Gasteiger partial charge in [-0.05, 0) is 24.0 Å². The van der Waals surface area contributed by atoms with Crippen molar-refractivity contribution in [2.45, 2.75) is 19.8 Å². The molecule has 0 fully saturated rings. The van der Waals surface area contributed by atoms with Gasteiger partial charge in [-0.25, -0.2) is 0 Å². The summed E-state index contributed by atoms with van der Waals surface area (Å²) >= 11 is 0. The maximum absolute atomic E-state index is 5.44. The molecule has 16 heavy (non-hydrogen) atoms. The topological polar surface area (TPSA) is 30.5 Å². The van der Waals surface area contributed by atoms with Gasteiger partial charge in [-0.1, -0.05) is 13.8 Å². The molecule has 2 unspecified atom stereocenters. The van der Waals surface area contributed by atoms with Crippen molar-refractivity contribution in [1.82, 2.24) is 0 Å². The number of fused-ring (bicyclic) bond motifs is 1. The van der Waals surface area contributed by atoms with Crippen molar-refractivity contribution in [1.29, 1.82) is 0 Å². The normalized spacial score (nSPS) is 23.2. The summed E-state index contributed by atoms with van der Waals surface area (Å²) in [7, 11) is 3.42. The molecule has 2 rings (SSSR count). The molecule has 1 aromatic carbocycles. The van der Waals surface area contributed by atoms with E-state index in [1.165, 1.54) is 5.56 Å². The Balaban J connectivity index is 2.57. The predicted octanol–water partition coefficient (Wildman–Crippen LogP) is 2.87. The molecule has 0 radical (unpaired) electrons. The first kappa shape index (κ1) is 11.1. The van der Waals surface area contributed by atoms with Crippen molar-refractivity contribution in [2.75, 3.05) is 26.1 Å². The van der Waals surface area contributed by atoms with Crippen LogP contribution in [0.4, 0.5) is 5.69 Å². The Morgan fingerprint density at radius 2 is 1.75 bits per heavy atom. The standard InChI is InChI=1S/C13H19NO2/c1-8-7-14-13-11(16-4)6-5-10(15-3)12(13)9(8)2/h5-6,8-9,14H,7H2,1-4H3. The lowest BCUT2D eigenvalue weighted by molar-refractivity contribution is 0.383. The van der Waals surface area contributed by atoms with Gasteiger partial charge >= 0.3 is 0 Å². The SMILES string of the molecule is COc1ccc(OC)c2c1NCC(C)C2C. The second-order valence-electron chi connectivity index (χ2n) is 4.41. The third-order valence-electron chi connectivity index (χ3n) is 3.52. The van der Waals surface area contributed by atoms with Crippen LogP contribution in [0.2, 0.25) is 0 Å². The summed E-state index contributed by atoms with van der Waals surface area (Å²) in [5, 5.41) is 3.43. The fourth-order valence-corrected chi connectivity index (χ4v) is 2.29. The molecule has 88 valence electrons. The second-order valence-corrected chi connectivity index (χ2v) is 4.41. The molecule has 3 nitrogen and oxygen atoms in total. The molecule has 0 aromatic heterocycles. The fourth-order valence-electron chi connectivity index (χ4n) is 2.29. The van der Waals surface area contributed by atoms with Gasteiger partial charge < -0.3 is 14.8 Å². The van der Waals surface area contributed by atoms with E-state index in [2.05, 4.69) is 19.2 Å². The summed E-state index contributed by atoms with van der Waals surface area (Å²) in [6.07, 6.45) is 0. The molecule has 1 heterocycles. The molecule has 1 aliphatic rings. The maximum Gasteiger partial charge on any atom is 0.142 e. The van der Waals surface area contributed by atoms with Gasteiger partial charge in [0.25, 0.3) is 0 Å². The lowest BCUT2D eigenvalue weighted by Gasteiger charge is -2.32. The Morgan fingerprint density at radius 1 is 1.12 bits per heavy atom. The summed E-state index contributed by atoms with van der Waals surface area (Å²) in [5.74, 6) is 2.94. The van der Waals surface area contributed by atoms with E-state index in [-0.39, 0.29) is 0 Å². The van der Waals surface area contributed by atoms with Crippen molar-refractivity contribution in [3.63, 3.8) is 0 Å². The summed E-state index contributed by atoms with van der Waals surface area (Å²) in [6, 6.07) is 3.93. The van der Waals surface area contributed by atoms with Crippen molar-refractivity contribution < 1.29 is 9.47 Å². The molecule has 2 atom stereocenters. The Kier molecular flexibility index (Phi) is 2.95. The summed E-state index contributed by atoms with van der Waals surface area (Å²) in [6.45, 7) is 5.48. The zero-order valence-electron chi connectivity index (χ0n) is 10.3. The van der Waals surface area contributed by atoms with Crippen molar-refractivity contribution in [2.24, 2.45) is 5.92 Å². The van der Waals surface area contributed by atoms with Gasteiger partial charge in [0.05, 0.1) is 19.9 Å². The van der Waals surface area contributed by atoms with E-state index in [1.807, 2.05) is 12.1 Å². The van der Waals surface area contributed by atoms with Crippen LogP contribution in [0.25, 0.3) is 0 Å². The van der Waals surface area contributed by atoms with Gasteiger partial charge in [0.1, 0.15) is 11.5 Å². The van der Waals surface area contributed by atoms with Crippen LogP contribution < -0.4 is 14.8 Å². The van der Waals surface area contributed by atoms with Crippen molar-refractivity contribution >= 4 is 5.69 Å². The molecule has 0 amide bonds. The van der Waals surface area contributed by atoms with E-state index < -0.39 is 0 Å². The molecule has 1 aliphatic heterocycles. The van der Waals surface area contributed by atoms with Crippen LogP contribution in [0.15, 0.2) is 12.1 Å². The van der Waals surface area contributed by atoms with Gasteiger partial charge in [-0.3, -0.25) is 0 Å². The Labute approximate surface area is 96.8 Å². The number of anilines is 1. The van der Waals surface area contributed by atoms with E-state index in [1.54, 1.807) is 14.2 Å². The third-order valence-corrected chi connectivity index (χ3v) is 3.52. The molecular formula is C13H19NO2. The van der Waals surface area contributed by atoms with E-state index >= 15 is 0 Å².